The van der Waals surface area contributed by atoms with Crippen molar-refractivity contribution in [2.45, 2.75) is 106 Å². The first kappa shape index (κ1) is 38.4. The van der Waals surface area contributed by atoms with Crippen molar-refractivity contribution < 1.29 is 86.2 Å². The minimum absolute atomic E-state index is 0.174. The molecule has 0 radical (unpaired) electrons. The Labute approximate surface area is 274 Å². The molecular weight excluding hydrogens is 672 g/mol. The molecule has 21 heteroatoms. The Hall–Kier alpha value is -2.45. The zero-order valence-electron chi connectivity index (χ0n) is 25.5. The van der Waals surface area contributed by atoms with Crippen LogP contribution in [0.25, 0.3) is 0 Å². The van der Waals surface area contributed by atoms with Crippen LogP contribution in [0.1, 0.15) is 24.2 Å². The Morgan fingerprint density at radius 2 is 1.38 bits per heavy atom. The van der Waals surface area contributed by atoms with Gasteiger partial charge in [-0.05, 0) is 19.1 Å². The molecule has 0 bridgehead atoms. The minimum Gasteiger partial charge on any atom is -0.394 e. The number of nitrogens with one attached hydrogen (secondary N) is 2. The van der Waals surface area contributed by atoms with E-state index in [1.54, 1.807) is 18.2 Å². The molecule has 0 saturated carbocycles. The third-order valence-corrected chi connectivity index (χ3v) is 8.46. The Morgan fingerprint density at radius 3 is 1.96 bits per heavy atom. The number of aliphatic hydroxyl groups excluding tert-OH is 7. The molecule has 3 aliphatic heterocycles. The van der Waals surface area contributed by atoms with Crippen molar-refractivity contribution in [2.75, 3.05) is 13.2 Å². The van der Waals surface area contributed by atoms with Crippen LogP contribution in [0.4, 0.5) is 0 Å². The fraction of sp³-hybridized carbons (Fsp3) is 0.704. The third kappa shape index (κ3) is 8.82. The summed E-state index contributed by atoms with van der Waals surface area (Å²) < 4.78 is 65.5. The average molecular weight is 713 g/mol. The highest BCUT2D eigenvalue weighted by molar-refractivity contribution is 7.80. The second kappa shape index (κ2) is 16.1. The summed E-state index contributed by atoms with van der Waals surface area (Å²) in [6.45, 7) is 0.598. The zero-order valence-corrected chi connectivity index (χ0v) is 26.3. The first-order valence-electron chi connectivity index (χ1n) is 14.7. The molecule has 20 nitrogen and oxygen atoms in total. The van der Waals surface area contributed by atoms with Gasteiger partial charge >= 0.3 is 10.4 Å². The number of aliphatic hydroxyl groups is 7. The molecule has 3 fully saturated rings. The summed E-state index contributed by atoms with van der Waals surface area (Å²) in [5, 5.41) is 78.0. The number of amides is 2. The molecular formula is C27H40N2O18S. The van der Waals surface area contributed by atoms with Crippen LogP contribution in [0.5, 0.6) is 0 Å². The topological polar surface area (TPSA) is 310 Å². The van der Waals surface area contributed by atoms with Crippen molar-refractivity contribution in [1.82, 2.24) is 10.6 Å². The van der Waals surface area contributed by atoms with E-state index in [-0.39, 0.29) is 5.56 Å². The lowest BCUT2D eigenvalue weighted by Crippen LogP contribution is -2.72. The van der Waals surface area contributed by atoms with Gasteiger partial charge in [0.1, 0.15) is 67.1 Å². The lowest BCUT2D eigenvalue weighted by molar-refractivity contribution is -0.360. The largest absolute Gasteiger partial charge is 0.397 e. The fourth-order valence-corrected chi connectivity index (χ4v) is 6.09. The Kier molecular flexibility index (Phi) is 12.8. The highest BCUT2D eigenvalue weighted by Gasteiger charge is 2.55. The average Bonchev–Trinajstić information content (AvgIpc) is 3.03. The lowest BCUT2D eigenvalue weighted by Gasteiger charge is -2.50. The van der Waals surface area contributed by atoms with Gasteiger partial charge in [-0.25, -0.2) is 4.18 Å². The Bertz CT molecular complexity index is 1340. The summed E-state index contributed by atoms with van der Waals surface area (Å²) in [7, 11) is -5.29. The summed E-state index contributed by atoms with van der Waals surface area (Å²) in [5.74, 6) is -1.40. The summed E-state index contributed by atoms with van der Waals surface area (Å²) >= 11 is 0. The van der Waals surface area contributed by atoms with Gasteiger partial charge in [0.25, 0.3) is 5.91 Å². The van der Waals surface area contributed by atoms with Gasteiger partial charge in [0.15, 0.2) is 18.8 Å². The van der Waals surface area contributed by atoms with Crippen molar-refractivity contribution in [3.8, 4) is 0 Å². The molecule has 0 spiro atoms. The van der Waals surface area contributed by atoms with Crippen LogP contribution in [0.2, 0.25) is 0 Å². The predicted octanol–water partition coefficient (Wildman–Crippen LogP) is -5.14. The maximum absolute atomic E-state index is 13.2. The van der Waals surface area contributed by atoms with Gasteiger partial charge < -0.3 is 70.1 Å². The summed E-state index contributed by atoms with van der Waals surface area (Å²) in [4.78, 5) is 25.6. The van der Waals surface area contributed by atoms with Gasteiger partial charge in [-0.15, -0.1) is 0 Å². The quantitative estimate of drug-likeness (QED) is 0.0959. The number of benzene rings is 1. The van der Waals surface area contributed by atoms with Crippen LogP contribution in [-0.2, 0) is 43.1 Å². The smallest absolute Gasteiger partial charge is 0.394 e. The molecule has 272 valence electrons. The van der Waals surface area contributed by atoms with Crippen LogP contribution in [-0.4, -0.2) is 166 Å². The van der Waals surface area contributed by atoms with Gasteiger partial charge in [0.05, 0.1) is 19.3 Å². The van der Waals surface area contributed by atoms with Crippen molar-refractivity contribution in [3.05, 3.63) is 35.9 Å². The molecule has 0 aromatic heterocycles. The third-order valence-electron chi connectivity index (χ3n) is 8.00. The second-order valence-corrected chi connectivity index (χ2v) is 12.5. The molecule has 4 rings (SSSR count). The van der Waals surface area contributed by atoms with Crippen LogP contribution >= 0.6 is 0 Å². The van der Waals surface area contributed by atoms with Crippen LogP contribution < -0.4 is 10.6 Å². The first-order valence-corrected chi connectivity index (χ1v) is 16.1. The predicted molar refractivity (Wildman–Crippen MR) is 154 cm³/mol. The molecule has 3 aliphatic rings. The molecule has 48 heavy (non-hydrogen) atoms. The van der Waals surface area contributed by atoms with E-state index in [9.17, 15) is 58.3 Å². The molecule has 1 aromatic carbocycles. The fourth-order valence-electron chi connectivity index (χ4n) is 5.59. The van der Waals surface area contributed by atoms with Crippen molar-refractivity contribution in [2.24, 2.45) is 0 Å². The van der Waals surface area contributed by atoms with Crippen molar-refractivity contribution in [1.29, 1.82) is 0 Å². The number of carbonyl (C=O) groups excluding carboxylic acids is 2. The Morgan fingerprint density at radius 1 is 0.771 bits per heavy atom. The Balaban J connectivity index is 1.74. The summed E-state index contributed by atoms with van der Waals surface area (Å²) in [6.07, 6.45) is -24.6. The highest BCUT2D eigenvalue weighted by atomic mass is 32.3. The lowest BCUT2D eigenvalue weighted by atomic mass is 9.93. The van der Waals surface area contributed by atoms with Gasteiger partial charge in [0.2, 0.25) is 5.91 Å². The van der Waals surface area contributed by atoms with Gasteiger partial charge in [-0.3, -0.25) is 14.1 Å². The number of hydrogen-bond acceptors (Lipinski definition) is 17. The molecule has 1 aromatic rings. The highest BCUT2D eigenvalue weighted by Crippen LogP contribution is 2.34. The van der Waals surface area contributed by atoms with E-state index in [0.29, 0.717) is 0 Å². The molecule has 15 atom stereocenters. The number of carbonyl (C=O) groups is 2. The molecule has 0 unspecified atom stereocenters. The van der Waals surface area contributed by atoms with E-state index in [4.69, 9.17) is 23.7 Å². The normalized spacial score (nSPS) is 40.6. The molecule has 2 amide bonds. The summed E-state index contributed by atoms with van der Waals surface area (Å²) in [6, 6.07) is 6.33. The van der Waals surface area contributed by atoms with Crippen LogP contribution in [0.3, 0.4) is 0 Å². The monoisotopic (exact) mass is 712 g/mol. The zero-order chi connectivity index (χ0) is 35.5. The van der Waals surface area contributed by atoms with E-state index >= 15 is 0 Å². The number of hydrogen-bond donors (Lipinski definition) is 10. The minimum atomic E-state index is -5.29. The van der Waals surface area contributed by atoms with E-state index in [2.05, 4.69) is 14.8 Å². The van der Waals surface area contributed by atoms with Gasteiger partial charge in [0, 0.05) is 12.5 Å². The van der Waals surface area contributed by atoms with E-state index < -0.39 is 127 Å². The van der Waals surface area contributed by atoms with E-state index in [1.807, 2.05) is 0 Å². The number of rotatable bonds is 11. The number of ether oxygens (including phenoxy) is 5. The van der Waals surface area contributed by atoms with E-state index in [1.165, 1.54) is 19.1 Å². The van der Waals surface area contributed by atoms with Crippen molar-refractivity contribution >= 4 is 22.2 Å². The van der Waals surface area contributed by atoms with Crippen LogP contribution in [0, 0.1) is 0 Å². The van der Waals surface area contributed by atoms with Gasteiger partial charge in [-0.1, -0.05) is 18.2 Å². The van der Waals surface area contributed by atoms with Crippen LogP contribution in [0.15, 0.2) is 30.3 Å². The van der Waals surface area contributed by atoms with Gasteiger partial charge in [-0.2, -0.15) is 8.42 Å². The maximum atomic E-state index is 13.2. The molecule has 3 saturated heterocycles. The molecule has 0 aliphatic carbocycles. The van der Waals surface area contributed by atoms with E-state index in [0.717, 1.165) is 6.92 Å². The molecule has 10 N–H and O–H groups in total. The summed E-state index contributed by atoms with van der Waals surface area (Å²) in [5.41, 5.74) is 0.174. The second-order valence-electron chi connectivity index (χ2n) is 11.4. The maximum Gasteiger partial charge on any atom is 0.397 e. The van der Waals surface area contributed by atoms with Crippen molar-refractivity contribution in [3.63, 3.8) is 0 Å². The SMILES string of the molecule is CC(=O)N[C@@H]1[C@@H](O[C@@H]2O[C@@H](C)[C@@H](O)[C@@H](O)[C@@H]2O)[C@H](O[C@@H]2O[C@H](CO)[C@H](O)[C@H](OS(=O)(=O)O)[C@H]2O)[C@@H](CO)O[C@H]1NC(=O)c1ccccc1. The standard InChI is InChI=1S/C27H40N2O18S/c1-10-16(33)18(35)19(36)26(42-10)46-22-15(28-11(2)32)25(29-24(38)12-6-4-3-5-7-12)43-14(9-31)21(22)45-27-20(37)23(47-48(39,40)41)17(34)13(8-30)44-27/h3-7,10,13-23,25-27,30-31,33-37H,8-9H2,1-2H3,(H,28,32)(H,29,38)(H,39,40,41)/t10-,13+,14+,15+,16+,17-,18+,19-,20+,21+,22+,23-,25+,26-,27-/m0/s1. The first-order chi connectivity index (χ1) is 22.6. The molecule has 3 heterocycles.